The van der Waals surface area contributed by atoms with Crippen molar-refractivity contribution in [2.75, 3.05) is 31.6 Å². The van der Waals surface area contributed by atoms with Crippen LogP contribution in [0.2, 0.25) is 0 Å². The quantitative estimate of drug-likeness (QED) is 0.774. The zero-order chi connectivity index (χ0) is 14.1. The molecule has 0 aromatic carbocycles. The summed E-state index contributed by atoms with van der Waals surface area (Å²) in [7, 11) is 2.26. The molecule has 4 nitrogen and oxygen atoms in total. The Hall–Kier alpha value is -1.42. The molecule has 108 valence electrons. The highest BCUT2D eigenvalue weighted by atomic mass is 16.1. The van der Waals surface area contributed by atoms with Crippen molar-refractivity contribution in [3.63, 3.8) is 0 Å². The van der Waals surface area contributed by atoms with Gasteiger partial charge in [-0.2, -0.15) is 0 Å². The number of nitrogens with zero attached hydrogens (tertiary/aromatic N) is 3. The minimum atomic E-state index is 0.0316. The van der Waals surface area contributed by atoms with E-state index >= 15 is 0 Å². The second-order valence-corrected chi connectivity index (χ2v) is 6.14. The van der Waals surface area contributed by atoms with Crippen LogP contribution in [0.3, 0.4) is 0 Å². The molecule has 3 heterocycles. The van der Waals surface area contributed by atoms with E-state index in [1.807, 2.05) is 18.3 Å². The number of piperidine rings is 2. The van der Waals surface area contributed by atoms with Gasteiger partial charge in [-0.15, -0.1) is 0 Å². The van der Waals surface area contributed by atoms with Crippen LogP contribution in [0.25, 0.3) is 0 Å². The third-order valence-electron chi connectivity index (χ3n) is 4.82. The van der Waals surface area contributed by atoms with Crippen molar-refractivity contribution in [3.8, 4) is 0 Å². The van der Waals surface area contributed by atoms with Crippen LogP contribution in [0.5, 0.6) is 0 Å². The van der Waals surface area contributed by atoms with Gasteiger partial charge in [0.1, 0.15) is 5.69 Å². The molecule has 20 heavy (non-hydrogen) atoms. The zero-order valence-corrected chi connectivity index (χ0v) is 12.4. The van der Waals surface area contributed by atoms with Gasteiger partial charge in [0.05, 0.1) is 11.9 Å². The van der Waals surface area contributed by atoms with Gasteiger partial charge >= 0.3 is 0 Å². The van der Waals surface area contributed by atoms with Gasteiger partial charge in [-0.1, -0.05) is 0 Å². The van der Waals surface area contributed by atoms with E-state index in [1.54, 1.807) is 6.92 Å². The second-order valence-electron chi connectivity index (χ2n) is 6.14. The van der Waals surface area contributed by atoms with E-state index < -0.39 is 0 Å². The van der Waals surface area contributed by atoms with Gasteiger partial charge in [-0.3, -0.25) is 9.78 Å². The lowest BCUT2D eigenvalue weighted by atomic mass is 9.84. The molecule has 0 saturated carbocycles. The van der Waals surface area contributed by atoms with Crippen molar-refractivity contribution >= 4 is 11.5 Å². The highest BCUT2D eigenvalue weighted by molar-refractivity contribution is 5.92. The average Bonchev–Trinajstić information content (AvgIpc) is 2.47. The fraction of sp³-hybridized carbons (Fsp3) is 0.625. The first-order valence-corrected chi connectivity index (χ1v) is 7.57. The van der Waals surface area contributed by atoms with Crippen LogP contribution in [0, 0.1) is 5.92 Å². The topological polar surface area (TPSA) is 36.4 Å². The van der Waals surface area contributed by atoms with Crippen LogP contribution in [-0.4, -0.2) is 48.4 Å². The molecule has 2 aliphatic rings. The normalized spacial score (nSPS) is 27.2. The van der Waals surface area contributed by atoms with Crippen molar-refractivity contribution in [1.82, 2.24) is 9.88 Å². The van der Waals surface area contributed by atoms with Crippen LogP contribution < -0.4 is 4.90 Å². The van der Waals surface area contributed by atoms with Crippen LogP contribution in [0.15, 0.2) is 18.3 Å². The largest absolute Gasteiger partial charge is 0.370 e. The molecule has 0 radical (unpaired) electrons. The fourth-order valence-corrected chi connectivity index (χ4v) is 3.67. The average molecular weight is 273 g/mol. The molecule has 0 bridgehead atoms. The Morgan fingerprint density at radius 2 is 2.15 bits per heavy atom. The molecule has 3 rings (SSSR count). The Labute approximate surface area is 120 Å². The maximum absolute atomic E-state index is 11.3. The van der Waals surface area contributed by atoms with Crippen molar-refractivity contribution in [1.29, 1.82) is 0 Å². The van der Waals surface area contributed by atoms with E-state index in [0.717, 1.165) is 30.7 Å². The summed E-state index contributed by atoms with van der Waals surface area (Å²) in [5.41, 5.74) is 1.71. The SMILES string of the molecule is CC(=O)c1ccc(N2CCC3C(CCCN3C)C2)cn1. The van der Waals surface area contributed by atoms with E-state index in [9.17, 15) is 4.79 Å². The molecular weight excluding hydrogens is 250 g/mol. The van der Waals surface area contributed by atoms with Gasteiger partial charge in [0.25, 0.3) is 0 Å². The second kappa shape index (κ2) is 5.52. The summed E-state index contributed by atoms with van der Waals surface area (Å²) in [6.45, 7) is 5.02. The lowest BCUT2D eigenvalue weighted by molar-refractivity contribution is 0.101. The van der Waals surface area contributed by atoms with Crippen molar-refractivity contribution in [2.24, 2.45) is 5.92 Å². The summed E-state index contributed by atoms with van der Waals surface area (Å²) in [5, 5.41) is 0. The van der Waals surface area contributed by atoms with E-state index in [1.165, 1.54) is 25.8 Å². The van der Waals surface area contributed by atoms with Gasteiger partial charge in [0, 0.05) is 26.1 Å². The molecule has 0 amide bonds. The monoisotopic (exact) mass is 273 g/mol. The number of likely N-dealkylation sites (tertiary alicyclic amines) is 1. The lowest BCUT2D eigenvalue weighted by Crippen LogP contribution is -2.52. The molecule has 0 aliphatic carbocycles. The molecule has 2 fully saturated rings. The van der Waals surface area contributed by atoms with E-state index in [4.69, 9.17) is 0 Å². The summed E-state index contributed by atoms with van der Waals surface area (Å²) >= 11 is 0. The first-order valence-electron chi connectivity index (χ1n) is 7.57. The summed E-state index contributed by atoms with van der Waals surface area (Å²) in [6.07, 6.45) is 5.73. The molecule has 0 spiro atoms. The lowest BCUT2D eigenvalue weighted by Gasteiger charge is -2.46. The van der Waals surface area contributed by atoms with Gasteiger partial charge in [0.15, 0.2) is 5.78 Å². The zero-order valence-electron chi connectivity index (χ0n) is 12.4. The van der Waals surface area contributed by atoms with Crippen molar-refractivity contribution in [3.05, 3.63) is 24.0 Å². The molecular formula is C16H23N3O. The highest BCUT2D eigenvalue weighted by Gasteiger charge is 2.34. The Morgan fingerprint density at radius 3 is 2.85 bits per heavy atom. The Bertz CT molecular complexity index is 485. The molecule has 0 N–H and O–H groups in total. The highest BCUT2D eigenvalue weighted by Crippen LogP contribution is 2.31. The number of hydrogen-bond donors (Lipinski definition) is 0. The van der Waals surface area contributed by atoms with Crippen molar-refractivity contribution in [2.45, 2.75) is 32.2 Å². The number of Topliss-reactive ketones (excluding diaryl/α,β-unsaturated/α-hetero) is 1. The molecule has 2 unspecified atom stereocenters. The standard InChI is InChI=1S/C16H23N3O/c1-12(20)15-6-5-14(10-17-15)19-9-7-16-13(11-19)4-3-8-18(16)2/h5-6,10,13,16H,3-4,7-9,11H2,1-2H3. The number of carbonyl (C=O) groups is 1. The molecule has 2 aliphatic heterocycles. The number of fused-ring (bicyclic) bond motifs is 1. The first-order chi connectivity index (χ1) is 9.65. The van der Waals surface area contributed by atoms with Gasteiger partial charge in [-0.05, 0) is 50.9 Å². The number of pyridine rings is 1. The molecule has 2 atom stereocenters. The fourth-order valence-electron chi connectivity index (χ4n) is 3.67. The Kier molecular flexibility index (Phi) is 3.74. The minimum absolute atomic E-state index is 0.0316. The van der Waals surface area contributed by atoms with Gasteiger partial charge < -0.3 is 9.80 Å². The first kappa shape index (κ1) is 13.6. The Balaban J connectivity index is 1.71. The third-order valence-corrected chi connectivity index (χ3v) is 4.82. The van der Waals surface area contributed by atoms with E-state index in [-0.39, 0.29) is 5.78 Å². The molecule has 1 aromatic rings. The van der Waals surface area contributed by atoms with Crippen LogP contribution in [0.1, 0.15) is 36.7 Å². The number of rotatable bonds is 2. The summed E-state index contributed by atoms with van der Waals surface area (Å²) in [4.78, 5) is 20.5. The predicted molar refractivity (Wildman–Crippen MR) is 80.2 cm³/mol. The van der Waals surface area contributed by atoms with Crippen LogP contribution >= 0.6 is 0 Å². The smallest absolute Gasteiger partial charge is 0.178 e. The number of ketones is 1. The number of carbonyl (C=O) groups excluding carboxylic acids is 1. The summed E-state index contributed by atoms with van der Waals surface area (Å²) in [5.74, 6) is 0.805. The third kappa shape index (κ3) is 2.57. The Morgan fingerprint density at radius 1 is 1.30 bits per heavy atom. The van der Waals surface area contributed by atoms with Crippen molar-refractivity contribution < 1.29 is 4.79 Å². The maximum Gasteiger partial charge on any atom is 0.178 e. The predicted octanol–water partition coefficient (Wildman–Crippen LogP) is 2.20. The number of anilines is 1. The van der Waals surface area contributed by atoms with E-state index in [0.29, 0.717) is 5.69 Å². The van der Waals surface area contributed by atoms with Gasteiger partial charge in [-0.25, -0.2) is 0 Å². The molecule has 4 heteroatoms. The minimum Gasteiger partial charge on any atom is -0.370 e. The number of aromatic nitrogens is 1. The van der Waals surface area contributed by atoms with Crippen LogP contribution in [-0.2, 0) is 0 Å². The number of hydrogen-bond acceptors (Lipinski definition) is 4. The molecule has 2 saturated heterocycles. The summed E-state index contributed by atoms with van der Waals surface area (Å²) < 4.78 is 0. The van der Waals surface area contributed by atoms with Crippen LogP contribution in [0.4, 0.5) is 5.69 Å². The van der Waals surface area contributed by atoms with Gasteiger partial charge in [0.2, 0.25) is 0 Å². The summed E-state index contributed by atoms with van der Waals surface area (Å²) in [6, 6.07) is 4.64. The molecule has 1 aromatic heterocycles. The van der Waals surface area contributed by atoms with E-state index in [2.05, 4.69) is 21.8 Å². The maximum atomic E-state index is 11.3.